The Labute approximate surface area is 127 Å². The molecule has 0 heterocycles. The van der Waals surface area contributed by atoms with Gasteiger partial charge in [-0.25, -0.2) is 0 Å². The van der Waals surface area contributed by atoms with Crippen LogP contribution in [0, 0.1) is 5.92 Å². The van der Waals surface area contributed by atoms with Gasteiger partial charge < -0.3 is 15.4 Å². The molecule has 2 N–H and O–H groups in total. The first-order chi connectivity index (χ1) is 10.3. The third-order valence-corrected chi connectivity index (χ3v) is 4.21. The Morgan fingerprint density at radius 1 is 1.33 bits per heavy atom. The lowest BCUT2D eigenvalue weighted by Crippen LogP contribution is -2.41. The number of ether oxygens (including phenoxy) is 1. The quantitative estimate of drug-likeness (QED) is 0.830. The molecule has 0 radical (unpaired) electrons. The van der Waals surface area contributed by atoms with Gasteiger partial charge in [0.1, 0.15) is 0 Å². The van der Waals surface area contributed by atoms with Crippen LogP contribution in [-0.2, 0) is 22.4 Å². The van der Waals surface area contributed by atoms with Crippen LogP contribution in [0.15, 0.2) is 24.3 Å². The Kier molecular flexibility index (Phi) is 6.21. The van der Waals surface area contributed by atoms with Gasteiger partial charge in [-0.3, -0.25) is 4.79 Å². The SMILES string of the molecule is COCCN(CCCN)C(=O)C1CCc2ccccc2C1. The molecule has 0 fully saturated rings. The minimum Gasteiger partial charge on any atom is -0.383 e. The Bertz CT molecular complexity index is 454. The standard InChI is InChI=1S/C17H26N2O2/c1-21-12-11-19(10-4-9-18)17(20)16-8-7-14-5-2-3-6-15(14)13-16/h2-3,5-6,16H,4,7-13,18H2,1H3. The summed E-state index contributed by atoms with van der Waals surface area (Å²) in [5, 5.41) is 0. The van der Waals surface area contributed by atoms with Crippen molar-refractivity contribution in [2.24, 2.45) is 11.7 Å². The van der Waals surface area contributed by atoms with Gasteiger partial charge in [0, 0.05) is 26.1 Å². The van der Waals surface area contributed by atoms with Gasteiger partial charge in [0.15, 0.2) is 0 Å². The summed E-state index contributed by atoms with van der Waals surface area (Å²) in [6, 6.07) is 8.46. The molecule has 0 bridgehead atoms. The summed E-state index contributed by atoms with van der Waals surface area (Å²) in [5.74, 6) is 0.365. The van der Waals surface area contributed by atoms with Gasteiger partial charge in [0.25, 0.3) is 0 Å². The predicted molar refractivity (Wildman–Crippen MR) is 84.1 cm³/mol. The molecule has 0 saturated heterocycles. The lowest BCUT2D eigenvalue weighted by atomic mass is 9.83. The molecule has 1 aliphatic rings. The van der Waals surface area contributed by atoms with Crippen molar-refractivity contribution in [1.82, 2.24) is 4.90 Å². The number of fused-ring (bicyclic) bond motifs is 1. The van der Waals surface area contributed by atoms with E-state index in [0.29, 0.717) is 19.7 Å². The number of aryl methyl sites for hydroxylation is 1. The largest absolute Gasteiger partial charge is 0.383 e. The van der Waals surface area contributed by atoms with Crippen molar-refractivity contribution in [3.05, 3.63) is 35.4 Å². The van der Waals surface area contributed by atoms with Crippen LogP contribution in [0.5, 0.6) is 0 Å². The number of hydrogen-bond donors (Lipinski definition) is 1. The number of amides is 1. The normalized spacial score (nSPS) is 17.3. The van der Waals surface area contributed by atoms with Gasteiger partial charge >= 0.3 is 0 Å². The molecule has 0 saturated carbocycles. The minimum absolute atomic E-state index is 0.106. The highest BCUT2D eigenvalue weighted by molar-refractivity contribution is 5.79. The summed E-state index contributed by atoms with van der Waals surface area (Å²) in [7, 11) is 1.67. The second kappa shape index (κ2) is 8.15. The number of methoxy groups -OCH3 is 1. The molecule has 2 rings (SSSR count). The van der Waals surface area contributed by atoms with Crippen LogP contribution in [0.4, 0.5) is 0 Å². The maximum absolute atomic E-state index is 12.7. The van der Waals surface area contributed by atoms with Crippen LogP contribution in [0.25, 0.3) is 0 Å². The highest BCUT2D eigenvalue weighted by atomic mass is 16.5. The van der Waals surface area contributed by atoms with Crippen LogP contribution in [0.1, 0.15) is 24.0 Å². The van der Waals surface area contributed by atoms with E-state index in [1.807, 2.05) is 4.90 Å². The molecule has 1 atom stereocenters. The first-order valence-corrected chi connectivity index (χ1v) is 7.80. The summed E-state index contributed by atoms with van der Waals surface area (Å²) < 4.78 is 5.12. The second-order valence-electron chi connectivity index (χ2n) is 5.67. The van der Waals surface area contributed by atoms with E-state index in [0.717, 1.165) is 32.2 Å². The lowest BCUT2D eigenvalue weighted by molar-refractivity contribution is -0.136. The van der Waals surface area contributed by atoms with Crippen LogP contribution >= 0.6 is 0 Å². The molecule has 1 unspecified atom stereocenters. The van der Waals surface area contributed by atoms with E-state index in [1.165, 1.54) is 11.1 Å². The van der Waals surface area contributed by atoms with Crippen LogP contribution in [-0.4, -0.2) is 44.2 Å². The zero-order valence-corrected chi connectivity index (χ0v) is 12.9. The van der Waals surface area contributed by atoms with Gasteiger partial charge in [-0.05, 0) is 43.4 Å². The van der Waals surface area contributed by atoms with Gasteiger partial charge in [0.05, 0.1) is 6.61 Å². The summed E-state index contributed by atoms with van der Waals surface area (Å²) in [6.45, 7) is 2.59. The molecule has 0 aromatic heterocycles. The minimum atomic E-state index is 0.106. The fraction of sp³-hybridized carbons (Fsp3) is 0.588. The molecule has 21 heavy (non-hydrogen) atoms. The summed E-state index contributed by atoms with van der Waals surface area (Å²) >= 11 is 0. The van der Waals surface area contributed by atoms with E-state index in [9.17, 15) is 4.79 Å². The molecule has 1 amide bonds. The smallest absolute Gasteiger partial charge is 0.226 e. The number of nitrogens with zero attached hydrogens (tertiary/aromatic N) is 1. The number of nitrogens with two attached hydrogens (primary N) is 1. The zero-order valence-electron chi connectivity index (χ0n) is 12.9. The van der Waals surface area contributed by atoms with E-state index in [2.05, 4.69) is 24.3 Å². The Morgan fingerprint density at radius 3 is 2.81 bits per heavy atom. The van der Waals surface area contributed by atoms with Gasteiger partial charge in [0.2, 0.25) is 5.91 Å². The van der Waals surface area contributed by atoms with Crippen molar-refractivity contribution >= 4 is 5.91 Å². The second-order valence-corrected chi connectivity index (χ2v) is 5.67. The Morgan fingerprint density at radius 2 is 2.10 bits per heavy atom. The average molecular weight is 290 g/mol. The van der Waals surface area contributed by atoms with Crippen LogP contribution in [0.3, 0.4) is 0 Å². The van der Waals surface area contributed by atoms with E-state index in [4.69, 9.17) is 10.5 Å². The first kappa shape index (κ1) is 16.0. The van der Waals surface area contributed by atoms with E-state index >= 15 is 0 Å². The lowest BCUT2D eigenvalue weighted by Gasteiger charge is -2.30. The fourth-order valence-electron chi connectivity index (χ4n) is 2.98. The van der Waals surface area contributed by atoms with Crippen molar-refractivity contribution in [2.45, 2.75) is 25.7 Å². The fourth-order valence-corrected chi connectivity index (χ4v) is 2.98. The summed E-state index contributed by atoms with van der Waals surface area (Å²) in [6.07, 6.45) is 3.66. The highest BCUT2D eigenvalue weighted by Crippen LogP contribution is 2.26. The Balaban J connectivity index is 2.00. The molecule has 0 aliphatic heterocycles. The van der Waals surface area contributed by atoms with Gasteiger partial charge in [-0.15, -0.1) is 0 Å². The Hall–Kier alpha value is -1.39. The molecule has 4 heteroatoms. The molecule has 4 nitrogen and oxygen atoms in total. The van der Waals surface area contributed by atoms with Gasteiger partial charge in [-0.1, -0.05) is 24.3 Å². The van der Waals surface area contributed by atoms with Crippen molar-refractivity contribution in [1.29, 1.82) is 0 Å². The summed E-state index contributed by atoms with van der Waals surface area (Å²) in [5.41, 5.74) is 8.30. The van der Waals surface area contributed by atoms with Crippen LogP contribution < -0.4 is 5.73 Å². The average Bonchev–Trinajstić information content (AvgIpc) is 2.54. The number of benzene rings is 1. The van der Waals surface area contributed by atoms with Crippen molar-refractivity contribution in [2.75, 3.05) is 33.4 Å². The molecule has 1 aromatic rings. The highest BCUT2D eigenvalue weighted by Gasteiger charge is 2.27. The number of carbonyl (C=O) groups excluding carboxylic acids is 1. The number of rotatable bonds is 7. The zero-order chi connectivity index (χ0) is 15.1. The third kappa shape index (κ3) is 4.29. The third-order valence-electron chi connectivity index (χ3n) is 4.21. The predicted octanol–water partition coefficient (Wildman–Crippen LogP) is 1.62. The summed E-state index contributed by atoms with van der Waals surface area (Å²) in [4.78, 5) is 14.7. The van der Waals surface area contributed by atoms with Crippen LogP contribution in [0.2, 0.25) is 0 Å². The molecule has 1 aliphatic carbocycles. The molecular weight excluding hydrogens is 264 g/mol. The number of hydrogen-bond acceptors (Lipinski definition) is 3. The first-order valence-electron chi connectivity index (χ1n) is 7.80. The number of carbonyl (C=O) groups is 1. The molecule has 0 spiro atoms. The van der Waals surface area contributed by atoms with E-state index in [1.54, 1.807) is 7.11 Å². The van der Waals surface area contributed by atoms with E-state index in [-0.39, 0.29) is 11.8 Å². The monoisotopic (exact) mass is 290 g/mol. The topological polar surface area (TPSA) is 55.6 Å². The molecular formula is C17H26N2O2. The molecule has 1 aromatic carbocycles. The molecule has 116 valence electrons. The maximum Gasteiger partial charge on any atom is 0.226 e. The van der Waals surface area contributed by atoms with Crippen molar-refractivity contribution in [3.63, 3.8) is 0 Å². The van der Waals surface area contributed by atoms with E-state index < -0.39 is 0 Å². The maximum atomic E-state index is 12.7. The van der Waals surface area contributed by atoms with Crippen molar-refractivity contribution < 1.29 is 9.53 Å². The van der Waals surface area contributed by atoms with Crippen molar-refractivity contribution in [3.8, 4) is 0 Å². The van der Waals surface area contributed by atoms with Gasteiger partial charge in [-0.2, -0.15) is 0 Å².